The smallest absolute Gasteiger partial charge is 0.0329 e. The highest BCUT2D eigenvalue weighted by Crippen LogP contribution is 2.56. The van der Waals surface area contributed by atoms with Crippen molar-refractivity contribution in [1.29, 1.82) is 0 Å². The lowest BCUT2D eigenvalue weighted by molar-refractivity contribution is -0.0140. The molecule has 0 spiro atoms. The molecule has 0 radical (unpaired) electrons. The lowest BCUT2D eigenvalue weighted by Gasteiger charge is -2.50. The summed E-state index contributed by atoms with van der Waals surface area (Å²) in [4.78, 5) is 0. The van der Waals surface area contributed by atoms with Crippen LogP contribution < -0.4 is 0 Å². The van der Waals surface area contributed by atoms with E-state index in [0.29, 0.717) is 0 Å². The summed E-state index contributed by atoms with van der Waals surface area (Å²) in [6.07, 6.45) is 7.26. The van der Waals surface area contributed by atoms with Gasteiger partial charge in [0.2, 0.25) is 0 Å². The first-order valence-corrected chi connectivity index (χ1v) is 10.8. The molecule has 0 aliphatic heterocycles. The molecule has 0 bridgehead atoms. The summed E-state index contributed by atoms with van der Waals surface area (Å²) in [5.41, 5.74) is 0. The Morgan fingerprint density at radius 3 is 1.87 bits per heavy atom. The monoisotopic (exact) mass is 320 g/mol. The van der Waals surface area contributed by atoms with Gasteiger partial charge in [0.25, 0.3) is 0 Å². The van der Waals surface area contributed by atoms with Crippen LogP contribution in [-0.2, 0) is 0 Å². The zero-order valence-electron chi connectivity index (χ0n) is 17.3. The number of hydrogen-bond acceptors (Lipinski definition) is 0. The first-order chi connectivity index (χ1) is 10.8. The zero-order valence-corrected chi connectivity index (χ0v) is 17.3. The van der Waals surface area contributed by atoms with Crippen molar-refractivity contribution in [3.63, 3.8) is 0 Å². The van der Waals surface area contributed by atoms with Crippen molar-refractivity contribution >= 4 is 0 Å². The van der Waals surface area contributed by atoms with Crippen LogP contribution in [0.2, 0.25) is 0 Å². The van der Waals surface area contributed by atoms with Crippen LogP contribution in [0.25, 0.3) is 0 Å². The summed E-state index contributed by atoms with van der Waals surface area (Å²) in [5, 5.41) is 0. The molecule has 0 aromatic heterocycles. The molecule has 2 saturated carbocycles. The van der Waals surface area contributed by atoms with Crippen LogP contribution in [0, 0.1) is 59.2 Å². The van der Waals surface area contributed by atoms with E-state index in [2.05, 4.69) is 55.4 Å². The summed E-state index contributed by atoms with van der Waals surface area (Å²) >= 11 is 0. The van der Waals surface area contributed by atoms with Gasteiger partial charge in [-0.1, -0.05) is 68.2 Å². The molecule has 10 atom stereocenters. The Morgan fingerprint density at radius 2 is 1.48 bits per heavy atom. The van der Waals surface area contributed by atoms with E-state index in [9.17, 15) is 0 Å². The Balaban J connectivity index is 2.07. The molecule has 0 nitrogen and oxygen atoms in total. The molecule has 0 heterocycles. The Bertz CT molecular complexity index is 359. The second-order valence-corrected chi connectivity index (χ2v) is 9.71. The fraction of sp³-hybridized carbons (Fsp3) is 1.00. The number of hydrogen-bond donors (Lipinski definition) is 0. The molecule has 2 fully saturated rings. The minimum atomic E-state index is 0.877. The molecule has 2 aliphatic carbocycles. The molecule has 23 heavy (non-hydrogen) atoms. The Hall–Kier alpha value is 0. The fourth-order valence-corrected chi connectivity index (χ4v) is 6.57. The maximum Gasteiger partial charge on any atom is -0.0329 e. The molecule has 0 aromatic carbocycles. The van der Waals surface area contributed by atoms with Crippen LogP contribution >= 0.6 is 0 Å². The lowest BCUT2D eigenvalue weighted by atomic mass is 9.55. The Labute approximate surface area is 147 Å². The molecule has 0 aromatic rings. The number of rotatable bonds is 7. The zero-order chi connectivity index (χ0) is 17.3. The van der Waals surface area contributed by atoms with E-state index in [1.807, 2.05) is 0 Å². The van der Waals surface area contributed by atoms with Gasteiger partial charge in [-0.25, -0.2) is 0 Å². The normalized spacial score (nSPS) is 42.8. The van der Waals surface area contributed by atoms with Gasteiger partial charge in [-0.05, 0) is 78.4 Å². The van der Waals surface area contributed by atoms with Gasteiger partial charge in [-0.15, -0.1) is 0 Å². The van der Waals surface area contributed by atoms with Crippen molar-refractivity contribution in [2.45, 2.75) is 87.5 Å². The van der Waals surface area contributed by atoms with Crippen molar-refractivity contribution in [2.24, 2.45) is 59.2 Å². The van der Waals surface area contributed by atoms with E-state index in [1.165, 1.54) is 32.1 Å². The topological polar surface area (TPSA) is 0 Å². The third-order valence-electron chi connectivity index (χ3n) is 8.85. The van der Waals surface area contributed by atoms with Crippen LogP contribution in [0.15, 0.2) is 0 Å². The summed E-state index contributed by atoms with van der Waals surface area (Å²) in [5.74, 6) is 9.58. The van der Waals surface area contributed by atoms with Gasteiger partial charge in [-0.2, -0.15) is 0 Å². The van der Waals surface area contributed by atoms with Crippen LogP contribution in [0.4, 0.5) is 0 Å². The van der Waals surface area contributed by atoms with Crippen LogP contribution in [0.1, 0.15) is 87.5 Å². The third kappa shape index (κ3) is 3.67. The van der Waals surface area contributed by atoms with Gasteiger partial charge < -0.3 is 0 Å². The van der Waals surface area contributed by atoms with Crippen LogP contribution in [0.5, 0.6) is 0 Å². The first-order valence-electron chi connectivity index (χ1n) is 10.8. The van der Waals surface area contributed by atoms with E-state index < -0.39 is 0 Å². The SMILES string of the molecule is CCC(C)C(C)C(C)C(CC)C1CCC1C1C(C)CC(C)C1C. The Kier molecular flexibility index (Phi) is 6.66. The third-order valence-corrected chi connectivity index (χ3v) is 8.85. The molecule has 10 unspecified atom stereocenters. The van der Waals surface area contributed by atoms with E-state index in [1.54, 1.807) is 0 Å². The van der Waals surface area contributed by atoms with Gasteiger partial charge in [0.05, 0.1) is 0 Å². The minimum absolute atomic E-state index is 0.877. The van der Waals surface area contributed by atoms with Gasteiger partial charge >= 0.3 is 0 Å². The molecule has 2 aliphatic rings. The molecule has 0 N–H and O–H groups in total. The van der Waals surface area contributed by atoms with E-state index in [0.717, 1.165) is 59.2 Å². The van der Waals surface area contributed by atoms with Gasteiger partial charge in [0, 0.05) is 0 Å². The molecular weight excluding hydrogens is 276 g/mol. The molecule has 2 rings (SSSR count). The van der Waals surface area contributed by atoms with E-state index in [4.69, 9.17) is 0 Å². The fourth-order valence-electron chi connectivity index (χ4n) is 6.57. The van der Waals surface area contributed by atoms with Crippen molar-refractivity contribution in [1.82, 2.24) is 0 Å². The highest BCUT2D eigenvalue weighted by atomic mass is 14.5. The molecule has 0 amide bonds. The standard InChI is InChI=1S/C23H44/c1-9-14(3)17(6)19(8)20(10-2)21-11-12-22(21)23-16(5)13-15(4)18(23)7/h14-23H,9-13H2,1-8H3. The summed E-state index contributed by atoms with van der Waals surface area (Å²) in [6, 6.07) is 0. The predicted octanol–water partition coefficient (Wildman–Crippen LogP) is 7.29. The molecule has 136 valence electrons. The lowest BCUT2D eigenvalue weighted by Crippen LogP contribution is -2.43. The molecular formula is C23H44. The van der Waals surface area contributed by atoms with E-state index in [-0.39, 0.29) is 0 Å². The summed E-state index contributed by atoms with van der Waals surface area (Å²) in [7, 11) is 0. The summed E-state index contributed by atoms with van der Waals surface area (Å²) < 4.78 is 0. The minimum Gasteiger partial charge on any atom is -0.0651 e. The quantitative estimate of drug-likeness (QED) is 0.462. The van der Waals surface area contributed by atoms with Gasteiger partial charge in [0.1, 0.15) is 0 Å². The van der Waals surface area contributed by atoms with Gasteiger partial charge in [0.15, 0.2) is 0 Å². The maximum atomic E-state index is 2.57. The van der Waals surface area contributed by atoms with Crippen molar-refractivity contribution < 1.29 is 0 Å². The largest absolute Gasteiger partial charge is 0.0651 e. The van der Waals surface area contributed by atoms with Crippen LogP contribution in [-0.4, -0.2) is 0 Å². The Morgan fingerprint density at radius 1 is 0.826 bits per heavy atom. The maximum absolute atomic E-state index is 2.57. The second-order valence-electron chi connectivity index (χ2n) is 9.71. The first kappa shape index (κ1) is 19.3. The molecule has 0 heteroatoms. The van der Waals surface area contributed by atoms with Gasteiger partial charge in [-0.3, -0.25) is 0 Å². The second kappa shape index (κ2) is 7.92. The highest BCUT2D eigenvalue weighted by molar-refractivity contribution is 4.98. The average molecular weight is 321 g/mol. The predicted molar refractivity (Wildman–Crippen MR) is 103 cm³/mol. The van der Waals surface area contributed by atoms with Crippen LogP contribution in [0.3, 0.4) is 0 Å². The summed E-state index contributed by atoms with van der Waals surface area (Å²) in [6.45, 7) is 20.0. The van der Waals surface area contributed by atoms with E-state index >= 15 is 0 Å². The van der Waals surface area contributed by atoms with Crippen molar-refractivity contribution in [3.05, 3.63) is 0 Å². The molecule has 0 saturated heterocycles. The van der Waals surface area contributed by atoms with Crippen molar-refractivity contribution in [3.8, 4) is 0 Å². The van der Waals surface area contributed by atoms with Crippen molar-refractivity contribution in [2.75, 3.05) is 0 Å². The highest BCUT2D eigenvalue weighted by Gasteiger charge is 2.49. The average Bonchev–Trinajstić information content (AvgIpc) is 2.75.